The normalized spacial score (nSPS) is 29.7. The van der Waals surface area contributed by atoms with Crippen molar-refractivity contribution in [3.63, 3.8) is 0 Å². The monoisotopic (exact) mass is 168 g/mol. The van der Waals surface area contributed by atoms with E-state index in [-0.39, 0.29) is 11.5 Å². The van der Waals surface area contributed by atoms with Crippen molar-refractivity contribution in [3.05, 3.63) is 0 Å². The van der Waals surface area contributed by atoms with Gasteiger partial charge in [0, 0.05) is 18.5 Å². The Hall–Kier alpha value is -0.590. The van der Waals surface area contributed by atoms with Crippen molar-refractivity contribution in [2.24, 2.45) is 5.41 Å². The van der Waals surface area contributed by atoms with Crippen LogP contribution in [0.3, 0.4) is 0 Å². The van der Waals surface area contributed by atoms with Gasteiger partial charge in [-0.25, -0.2) is 0 Å². The number of nitrogens with zero attached hydrogens (tertiary/aromatic N) is 2. The van der Waals surface area contributed by atoms with Crippen LogP contribution in [0.15, 0.2) is 0 Å². The van der Waals surface area contributed by atoms with E-state index in [1.807, 2.05) is 13.8 Å². The average Bonchev–Trinajstić information content (AvgIpc) is 1.97. The van der Waals surface area contributed by atoms with Gasteiger partial charge in [0.25, 0.3) is 0 Å². The molecule has 0 aromatic carbocycles. The van der Waals surface area contributed by atoms with Crippen molar-refractivity contribution in [3.8, 4) is 6.07 Å². The van der Waals surface area contributed by atoms with Gasteiger partial charge in [-0.05, 0) is 6.42 Å². The fourth-order valence-electron chi connectivity index (χ4n) is 1.69. The molecule has 0 aliphatic carbocycles. The second-order valence-corrected chi connectivity index (χ2v) is 4.16. The first-order valence-corrected chi connectivity index (χ1v) is 4.33. The molecular weight excluding hydrogens is 152 g/mol. The number of rotatable bonds is 1. The van der Waals surface area contributed by atoms with Gasteiger partial charge in [0.2, 0.25) is 0 Å². The predicted octanol–water partition coefficient (Wildman–Crippen LogP) is 0.603. The van der Waals surface area contributed by atoms with Crippen LogP contribution in [-0.4, -0.2) is 35.7 Å². The van der Waals surface area contributed by atoms with Crippen LogP contribution in [0.5, 0.6) is 0 Å². The Kier molecular flexibility index (Phi) is 2.71. The zero-order valence-corrected chi connectivity index (χ0v) is 7.75. The van der Waals surface area contributed by atoms with Crippen LogP contribution in [-0.2, 0) is 0 Å². The fraction of sp³-hybridized carbons (Fsp3) is 0.889. The molecule has 0 spiro atoms. The lowest BCUT2D eigenvalue weighted by Gasteiger charge is -2.40. The lowest BCUT2D eigenvalue weighted by atomic mass is 9.81. The Balaban J connectivity index is 2.52. The Bertz CT molecular complexity index is 195. The van der Waals surface area contributed by atoms with Crippen LogP contribution in [0.4, 0.5) is 0 Å². The second-order valence-electron chi connectivity index (χ2n) is 4.16. The zero-order valence-electron chi connectivity index (χ0n) is 7.75. The fourth-order valence-corrected chi connectivity index (χ4v) is 1.69. The van der Waals surface area contributed by atoms with Crippen molar-refractivity contribution in [2.45, 2.75) is 26.4 Å². The van der Waals surface area contributed by atoms with Crippen LogP contribution in [0.25, 0.3) is 0 Å². The van der Waals surface area contributed by atoms with Crippen LogP contribution < -0.4 is 0 Å². The van der Waals surface area contributed by atoms with E-state index >= 15 is 0 Å². The van der Waals surface area contributed by atoms with E-state index < -0.39 is 0 Å². The van der Waals surface area contributed by atoms with Crippen molar-refractivity contribution in [1.29, 1.82) is 5.26 Å². The molecule has 0 bridgehead atoms. The van der Waals surface area contributed by atoms with E-state index in [2.05, 4.69) is 11.0 Å². The first-order chi connectivity index (χ1) is 5.56. The molecule has 1 rings (SSSR count). The number of hydrogen-bond acceptors (Lipinski definition) is 3. The molecule has 0 aromatic heterocycles. The third kappa shape index (κ3) is 1.96. The Morgan fingerprint density at radius 3 is 2.83 bits per heavy atom. The Morgan fingerprint density at radius 1 is 1.67 bits per heavy atom. The number of likely N-dealkylation sites (tertiary alicyclic amines) is 1. The molecule has 12 heavy (non-hydrogen) atoms. The maximum Gasteiger partial charge on any atom is 0.0866 e. The van der Waals surface area contributed by atoms with Gasteiger partial charge in [-0.3, -0.25) is 4.90 Å². The van der Waals surface area contributed by atoms with Gasteiger partial charge in [-0.1, -0.05) is 13.8 Å². The van der Waals surface area contributed by atoms with Crippen molar-refractivity contribution < 1.29 is 5.11 Å². The molecule has 0 radical (unpaired) electrons. The molecule has 1 N–H and O–H groups in total. The summed E-state index contributed by atoms with van der Waals surface area (Å²) in [6.07, 6.45) is 0.571. The molecule has 68 valence electrons. The highest BCUT2D eigenvalue weighted by atomic mass is 16.3. The third-order valence-corrected chi connectivity index (χ3v) is 2.55. The smallest absolute Gasteiger partial charge is 0.0866 e. The number of hydrogen-bond donors (Lipinski definition) is 1. The van der Waals surface area contributed by atoms with Crippen LogP contribution in [0.1, 0.15) is 20.3 Å². The van der Waals surface area contributed by atoms with Gasteiger partial charge >= 0.3 is 0 Å². The minimum absolute atomic E-state index is 0.0604. The molecule has 1 heterocycles. The molecule has 1 aliphatic heterocycles. The molecule has 1 fully saturated rings. The highest BCUT2D eigenvalue weighted by Gasteiger charge is 2.34. The summed E-state index contributed by atoms with van der Waals surface area (Å²) < 4.78 is 0. The second kappa shape index (κ2) is 3.42. The molecule has 1 aliphatic rings. The third-order valence-electron chi connectivity index (χ3n) is 2.55. The van der Waals surface area contributed by atoms with Crippen molar-refractivity contribution in [2.75, 3.05) is 19.6 Å². The molecule has 0 amide bonds. The largest absolute Gasteiger partial charge is 0.392 e. The van der Waals surface area contributed by atoms with E-state index in [4.69, 9.17) is 5.26 Å². The van der Waals surface area contributed by atoms with Gasteiger partial charge in [-0.15, -0.1) is 0 Å². The first-order valence-electron chi connectivity index (χ1n) is 4.33. The minimum Gasteiger partial charge on any atom is -0.392 e. The molecule has 1 unspecified atom stereocenters. The van der Waals surface area contributed by atoms with Gasteiger partial charge in [0.05, 0.1) is 18.7 Å². The number of piperidine rings is 1. The molecular formula is C9H16N2O. The summed E-state index contributed by atoms with van der Waals surface area (Å²) in [5.41, 5.74) is -0.0604. The summed E-state index contributed by atoms with van der Waals surface area (Å²) in [7, 11) is 0. The number of aliphatic hydroxyl groups is 1. The van der Waals surface area contributed by atoms with E-state index in [0.717, 1.165) is 19.5 Å². The molecule has 1 atom stereocenters. The highest BCUT2D eigenvalue weighted by Crippen LogP contribution is 2.28. The predicted molar refractivity (Wildman–Crippen MR) is 46.5 cm³/mol. The number of nitriles is 1. The summed E-state index contributed by atoms with van der Waals surface area (Å²) in [5.74, 6) is 0. The van der Waals surface area contributed by atoms with E-state index in [0.29, 0.717) is 6.54 Å². The molecule has 3 nitrogen and oxygen atoms in total. The molecule has 1 saturated heterocycles. The summed E-state index contributed by atoms with van der Waals surface area (Å²) in [6, 6.07) is 2.13. The number of aliphatic hydroxyl groups excluding tert-OH is 1. The zero-order chi connectivity index (χ0) is 9.19. The van der Waals surface area contributed by atoms with E-state index in [1.54, 1.807) is 0 Å². The van der Waals surface area contributed by atoms with Crippen LogP contribution in [0, 0.1) is 16.7 Å². The SMILES string of the molecule is CC1(C)CN(CC#N)CCC1O. The first kappa shape index (κ1) is 9.50. The van der Waals surface area contributed by atoms with E-state index in [9.17, 15) is 5.11 Å². The molecule has 0 aromatic rings. The highest BCUT2D eigenvalue weighted by molar-refractivity contribution is 4.89. The maximum absolute atomic E-state index is 9.61. The van der Waals surface area contributed by atoms with Crippen LogP contribution in [0.2, 0.25) is 0 Å². The summed E-state index contributed by atoms with van der Waals surface area (Å²) >= 11 is 0. The van der Waals surface area contributed by atoms with Crippen molar-refractivity contribution in [1.82, 2.24) is 4.90 Å². The average molecular weight is 168 g/mol. The van der Waals surface area contributed by atoms with Crippen molar-refractivity contribution >= 4 is 0 Å². The minimum atomic E-state index is -0.215. The van der Waals surface area contributed by atoms with Gasteiger partial charge in [0.15, 0.2) is 0 Å². The quantitative estimate of drug-likeness (QED) is 0.583. The molecule has 3 heteroatoms. The Labute approximate surface area is 73.6 Å². The summed E-state index contributed by atoms with van der Waals surface area (Å²) in [5, 5.41) is 18.1. The van der Waals surface area contributed by atoms with Crippen LogP contribution >= 0.6 is 0 Å². The van der Waals surface area contributed by atoms with Gasteiger partial charge in [0.1, 0.15) is 0 Å². The standard InChI is InChI=1S/C9H16N2O/c1-9(2)7-11(6-4-10)5-3-8(9)12/h8,12H,3,5-7H2,1-2H3. The summed E-state index contributed by atoms with van der Waals surface area (Å²) in [4.78, 5) is 2.09. The topological polar surface area (TPSA) is 47.3 Å². The summed E-state index contributed by atoms with van der Waals surface area (Å²) in [6.45, 7) is 6.23. The van der Waals surface area contributed by atoms with E-state index in [1.165, 1.54) is 0 Å². The van der Waals surface area contributed by atoms with Gasteiger partial charge in [-0.2, -0.15) is 5.26 Å². The lowest BCUT2D eigenvalue weighted by Crippen LogP contribution is -2.48. The Morgan fingerprint density at radius 2 is 2.33 bits per heavy atom. The van der Waals surface area contributed by atoms with Gasteiger partial charge < -0.3 is 5.11 Å². The lowest BCUT2D eigenvalue weighted by molar-refractivity contribution is -0.0203. The maximum atomic E-state index is 9.61. The molecule has 0 saturated carbocycles.